The SMILES string of the molecule is Cc1ccc(S(=O)(=O)N(C)CC(=O)N/N=C\c2ccc(C(C)C)cc2)cc1. The van der Waals surface area contributed by atoms with Gasteiger partial charge >= 0.3 is 0 Å². The molecule has 27 heavy (non-hydrogen) atoms. The van der Waals surface area contributed by atoms with Crippen molar-refractivity contribution in [1.29, 1.82) is 0 Å². The second kappa shape index (κ2) is 8.92. The van der Waals surface area contributed by atoms with Crippen LogP contribution in [0, 0.1) is 6.92 Å². The highest BCUT2D eigenvalue weighted by Crippen LogP contribution is 2.15. The number of carbonyl (C=O) groups is 1. The van der Waals surface area contributed by atoms with Gasteiger partial charge in [0, 0.05) is 7.05 Å². The second-order valence-electron chi connectivity index (χ2n) is 6.69. The number of sulfonamides is 1. The van der Waals surface area contributed by atoms with Crippen LogP contribution in [-0.2, 0) is 14.8 Å². The highest BCUT2D eigenvalue weighted by molar-refractivity contribution is 7.89. The van der Waals surface area contributed by atoms with E-state index in [-0.39, 0.29) is 11.4 Å². The third-order valence-electron chi connectivity index (χ3n) is 4.10. The molecule has 144 valence electrons. The van der Waals surface area contributed by atoms with Gasteiger partial charge in [0.05, 0.1) is 17.7 Å². The van der Waals surface area contributed by atoms with E-state index >= 15 is 0 Å². The van der Waals surface area contributed by atoms with Crippen molar-refractivity contribution in [1.82, 2.24) is 9.73 Å². The largest absolute Gasteiger partial charge is 0.272 e. The Morgan fingerprint density at radius 1 is 1.11 bits per heavy atom. The number of amides is 1. The van der Waals surface area contributed by atoms with E-state index in [0.29, 0.717) is 5.92 Å². The molecular weight excluding hydrogens is 362 g/mol. The third-order valence-corrected chi connectivity index (χ3v) is 5.92. The average molecular weight is 388 g/mol. The first-order valence-electron chi connectivity index (χ1n) is 8.65. The molecule has 0 fully saturated rings. The monoisotopic (exact) mass is 387 g/mol. The van der Waals surface area contributed by atoms with E-state index in [2.05, 4.69) is 24.4 Å². The molecule has 0 aliphatic heterocycles. The van der Waals surface area contributed by atoms with Gasteiger partial charge in [-0.15, -0.1) is 0 Å². The summed E-state index contributed by atoms with van der Waals surface area (Å²) >= 11 is 0. The topological polar surface area (TPSA) is 78.8 Å². The first-order valence-corrected chi connectivity index (χ1v) is 10.1. The van der Waals surface area contributed by atoms with Crippen molar-refractivity contribution in [3.8, 4) is 0 Å². The zero-order valence-electron chi connectivity index (χ0n) is 16.0. The Labute approximate surface area is 161 Å². The smallest absolute Gasteiger partial charge is 0.255 e. The van der Waals surface area contributed by atoms with E-state index in [1.807, 2.05) is 31.2 Å². The molecule has 0 aliphatic rings. The summed E-state index contributed by atoms with van der Waals surface area (Å²) in [4.78, 5) is 12.1. The highest BCUT2D eigenvalue weighted by atomic mass is 32.2. The second-order valence-corrected chi connectivity index (χ2v) is 8.73. The Morgan fingerprint density at radius 3 is 2.26 bits per heavy atom. The fraction of sp³-hybridized carbons (Fsp3) is 0.300. The van der Waals surface area contributed by atoms with E-state index in [9.17, 15) is 13.2 Å². The van der Waals surface area contributed by atoms with Gasteiger partial charge in [0.2, 0.25) is 10.0 Å². The summed E-state index contributed by atoms with van der Waals surface area (Å²) in [6.45, 7) is 5.79. The summed E-state index contributed by atoms with van der Waals surface area (Å²) in [6, 6.07) is 14.3. The summed E-state index contributed by atoms with van der Waals surface area (Å²) in [6.07, 6.45) is 1.52. The minimum absolute atomic E-state index is 0.150. The predicted octanol–water partition coefficient (Wildman–Crippen LogP) is 2.89. The molecule has 1 amide bonds. The Kier molecular flexibility index (Phi) is 6.87. The number of nitrogens with zero attached hydrogens (tertiary/aromatic N) is 2. The molecule has 2 rings (SSSR count). The van der Waals surface area contributed by atoms with Crippen LogP contribution in [-0.4, -0.2) is 38.4 Å². The summed E-state index contributed by atoms with van der Waals surface area (Å²) in [7, 11) is -2.36. The van der Waals surface area contributed by atoms with Crippen molar-refractivity contribution in [2.45, 2.75) is 31.6 Å². The zero-order chi connectivity index (χ0) is 20.0. The van der Waals surface area contributed by atoms with Crippen LogP contribution >= 0.6 is 0 Å². The van der Waals surface area contributed by atoms with Gasteiger partial charge in [0.15, 0.2) is 0 Å². The number of carbonyl (C=O) groups excluding carboxylic acids is 1. The minimum atomic E-state index is -3.72. The van der Waals surface area contributed by atoms with Crippen LogP contribution in [0.2, 0.25) is 0 Å². The molecule has 0 heterocycles. The van der Waals surface area contributed by atoms with Crippen molar-refractivity contribution in [3.05, 3.63) is 65.2 Å². The molecule has 0 radical (unpaired) electrons. The van der Waals surface area contributed by atoms with Gasteiger partial charge < -0.3 is 0 Å². The zero-order valence-corrected chi connectivity index (χ0v) is 16.8. The van der Waals surface area contributed by atoms with E-state index in [0.717, 1.165) is 15.4 Å². The van der Waals surface area contributed by atoms with E-state index in [4.69, 9.17) is 0 Å². The summed E-state index contributed by atoms with van der Waals surface area (Å²) < 4.78 is 25.9. The van der Waals surface area contributed by atoms with Crippen molar-refractivity contribution < 1.29 is 13.2 Å². The highest BCUT2D eigenvalue weighted by Gasteiger charge is 2.22. The van der Waals surface area contributed by atoms with Crippen LogP contribution < -0.4 is 5.43 Å². The van der Waals surface area contributed by atoms with Gasteiger partial charge in [-0.2, -0.15) is 9.41 Å². The van der Waals surface area contributed by atoms with Crippen molar-refractivity contribution >= 4 is 22.1 Å². The van der Waals surface area contributed by atoms with Gasteiger partial charge in [-0.25, -0.2) is 13.8 Å². The maximum atomic E-state index is 12.5. The predicted molar refractivity (Wildman–Crippen MR) is 107 cm³/mol. The number of aryl methyl sites for hydroxylation is 1. The number of hydrogen-bond acceptors (Lipinski definition) is 4. The molecule has 0 spiro atoms. The first-order chi connectivity index (χ1) is 12.7. The lowest BCUT2D eigenvalue weighted by atomic mass is 10.0. The average Bonchev–Trinajstić information content (AvgIpc) is 2.62. The molecule has 1 N–H and O–H groups in total. The molecule has 0 unspecified atom stereocenters. The van der Waals surface area contributed by atoms with E-state index in [1.54, 1.807) is 12.1 Å². The molecule has 0 atom stereocenters. The molecule has 0 aromatic heterocycles. The van der Waals surface area contributed by atoms with Crippen molar-refractivity contribution in [3.63, 3.8) is 0 Å². The van der Waals surface area contributed by atoms with Crippen molar-refractivity contribution in [2.75, 3.05) is 13.6 Å². The lowest BCUT2D eigenvalue weighted by Crippen LogP contribution is -2.36. The standard InChI is InChI=1S/C20H25N3O3S/c1-15(2)18-9-7-17(8-10-18)13-21-22-20(24)14-23(4)27(25,26)19-11-5-16(3)6-12-19/h5-13,15H,14H2,1-4H3,(H,22,24)/b21-13-. The van der Waals surface area contributed by atoms with Crippen LogP contribution in [0.5, 0.6) is 0 Å². The summed E-state index contributed by atoms with van der Waals surface area (Å²) in [5, 5.41) is 3.89. The molecule has 2 aromatic rings. The molecule has 0 aliphatic carbocycles. The fourth-order valence-electron chi connectivity index (χ4n) is 2.36. The minimum Gasteiger partial charge on any atom is -0.272 e. The van der Waals surface area contributed by atoms with E-state index < -0.39 is 15.9 Å². The van der Waals surface area contributed by atoms with Gasteiger partial charge in [0.1, 0.15) is 0 Å². The Balaban J connectivity index is 1.93. The van der Waals surface area contributed by atoms with Gasteiger partial charge in [-0.3, -0.25) is 4.79 Å². The maximum Gasteiger partial charge on any atom is 0.255 e. The number of rotatable bonds is 7. The number of hydrazone groups is 1. The lowest BCUT2D eigenvalue weighted by Gasteiger charge is -2.16. The number of benzene rings is 2. The third kappa shape index (κ3) is 5.74. The van der Waals surface area contributed by atoms with E-state index in [1.165, 1.54) is 31.0 Å². The van der Waals surface area contributed by atoms with Crippen LogP contribution in [0.1, 0.15) is 36.5 Å². The molecule has 7 heteroatoms. The van der Waals surface area contributed by atoms with Crippen LogP contribution in [0.3, 0.4) is 0 Å². The Bertz CT molecular complexity index is 902. The van der Waals surface area contributed by atoms with Gasteiger partial charge in [-0.1, -0.05) is 55.8 Å². The number of likely N-dealkylation sites (N-methyl/N-ethyl adjacent to an activating group) is 1. The quantitative estimate of drug-likeness (QED) is 0.586. The first kappa shape index (κ1) is 20.8. The lowest BCUT2D eigenvalue weighted by molar-refractivity contribution is -0.121. The number of nitrogens with one attached hydrogen (secondary N) is 1. The van der Waals surface area contributed by atoms with Crippen molar-refractivity contribution in [2.24, 2.45) is 5.10 Å². The van der Waals surface area contributed by atoms with Gasteiger partial charge in [-0.05, 0) is 36.1 Å². The molecular formula is C20H25N3O3S. The molecule has 2 aromatic carbocycles. The van der Waals surface area contributed by atoms with Gasteiger partial charge in [0.25, 0.3) is 5.91 Å². The van der Waals surface area contributed by atoms with Crippen LogP contribution in [0.25, 0.3) is 0 Å². The normalized spacial score (nSPS) is 12.1. The fourth-order valence-corrected chi connectivity index (χ4v) is 3.49. The molecule has 0 bridgehead atoms. The Morgan fingerprint density at radius 2 is 1.70 bits per heavy atom. The Hall–Kier alpha value is -2.51. The van der Waals surface area contributed by atoms with Crippen LogP contribution in [0.15, 0.2) is 58.5 Å². The molecule has 0 saturated heterocycles. The molecule has 0 saturated carbocycles. The summed E-state index contributed by atoms with van der Waals surface area (Å²) in [5.41, 5.74) is 5.39. The number of hydrogen-bond donors (Lipinski definition) is 1. The maximum absolute atomic E-state index is 12.5. The summed E-state index contributed by atoms with van der Waals surface area (Å²) in [5.74, 6) is -0.0649. The molecule has 6 nitrogen and oxygen atoms in total. The van der Waals surface area contributed by atoms with Crippen LogP contribution in [0.4, 0.5) is 0 Å².